The van der Waals surface area contributed by atoms with E-state index in [1.54, 1.807) is 7.11 Å². The summed E-state index contributed by atoms with van der Waals surface area (Å²) < 4.78 is 5.09. The van der Waals surface area contributed by atoms with Crippen LogP contribution in [0.5, 0.6) is 5.75 Å². The van der Waals surface area contributed by atoms with Gasteiger partial charge in [0, 0.05) is 12.2 Å². The van der Waals surface area contributed by atoms with Crippen LogP contribution in [0.15, 0.2) is 24.3 Å². The minimum Gasteiger partial charge on any atom is -0.497 e. The Morgan fingerprint density at radius 3 is 2.57 bits per heavy atom. The van der Waals surface area contributed by atoms with Crippen LogP contribution in [0.4, 0.5) is 5.69 Å². The lowest BCUT2D eigenvalue weighted by Crippen LogP contribution is -2.41. The maximum atomic E-state index is 12.3. The number of benzene rings is 1. The molecule has 21 heavy (non-hydrogen) atoms. The largest absolute Gasteiger partial charge is 0.497 e. The molecule has 3 atom stereocenters. The van der Waals surface area contributed by atoms with Crippen LogP contribution in [0, 0.1) is 5.92 Å². The van der Waals surface area contributed by atoms with Gasteiger partial charge in [0.1, 0.15) is 5.75 Å². The predicted octanol–water partition coefficient (Wildman–Crippen LogP) is 1.72. The molecule has 0 bridgehead atoms. The van der Waals surface area contributed by atoms with Crippen molar-refractivity contribution < 1.29 is 14.6 Å². The zero-order valence-electron chi connectivity index (χ0n) is 12.9. The number of ether oxygens (including phenoxy) is 1. The van der Waals surface area contributed by atoms with Crippen molar-refractivity contribution in [3.63, 3.8) is 0 Å². The Balaban J connectivity index is 1.90. The van der Waals surface area contributed by atoms with Gasteiger partial charge in [0.05, 0.1) is 19.3 Å². The number of aliphatic hydroxyl groups is 1. The summed E-state index contributed by atoms with van der Waals surface area (Å²) in [7, 11) is 1.61. The third kappa shape index (κ3) is 3.95. The topological polar surface area (TPSA) is 61.8 Å². The summed E-state index contributed by atoms with van der Waals surface area (Å²) >= 11 is 0. The second-order valence-corrected chi connectivity index (χ2v) is 5.68. The van der Waals surface area contributed by atoms with Gasteiger partial charge < -0.3 is 15.2 Å². The summed E-state index contributed by atoms with van der Waals surface area (Å²) in [5, 5.41) is 12.6. The number of rotatable bonds is 5. The quantitative estimate of drug-likeness (QED) is 0.867. The number of carbonyl (C=O) groups excluding carboxylic acids is 1. The number of methoxy groups -OCH3 is 1. The Morgan fingerprint density at radius 1 is 1.38 bits per heavy atom. The van der Waals surface area contributed by atoms with Crippen molar-refractivity contribution in [3.05, 3.63) is 24.3 Å². The number of nitrogens with one attached hydrogen (secondary N) is 1. The first-order chi connectivity index (χ1) is 10.0. The summed E-state index contributed by atoms with van der Waals surface area (Å²) in [5.74, 6) is 1.01. The van der Waals surface area contributed by atoms with Gasteiger partial charge in [-0.2, -0.15) is 0 Å². The molecule has 2 rings (SSSR count). The van der Waals surface area contributed by atoms with Crippen molar-refractivity contribution in [1.82, 2.24) is 4.90 Å². The van der Waals surface area contributed by atoms with Crippen molar-refractivity contribution in [1.29, 1.82) is 0 Å². The minimum atomic E-state index is -0.313. The molecule has 1 fully saturated rings. The lowest BCUT2D eigenvalue weighted by Gasteiger charge is -2.24. The smallest absolute Gasteiger partial charge is 0.241 e. The molecular formula is C16H24N2O3. The van der Waals surface area contributed by atoms with E-state index in [-0.39, 0.29) is 24.0 Å². The zero-order chi connectivity index (χ0) is 15.4. The number of hydrogen-bond donors (Lipinski definition) is 2. The van der Waals surface area contributed by atoms with Crippen molar-refractivity contribution >= 4 is 11.6 Å². The van der Waals surface area contributed by atoms with Crippen molar-refractivity contribution in [2.24, 2.45) is 5.92 Å². The second-order valence-electron chi connectivity index (χ2n) is 5.68. The van der Waals surface area contributed by atoms with Crippen LogP contribution in [0.25, 0.3) is 0 Å². The number of hydrogen-bond acceptors (Lipinski definition) is 4. The van der Waals surface area contributed by atoms with E-state index in [0.717, 1.165) is 30.9 Å². The molecule has 1 aliphatic heterocycles. The fourth-order valence-corrected chi connectivity index (χ4v) is 2.65. The average molecular weight is 292 g/mol. The molecule has 2 N–H and O–H groups in total. The number of carbonyl (C=O) groups is 1. The normalized spacial score (nSPS) is 21.8. The fraction of sp³-hybridized carbons (Fsp3) is 0.562. The highest BCUT2D eigenvalue weighted by atomic mass is 16.5. The van der Waals surface area contributed by atoms with E-state index in [0.29, 0.717) is 0 Å². The van der Waals surface area contributed by atoms with Crippen molar-refractivity contribution in [2.45, 2.75) is 32.4 Å². The van der Waals surface area contributed by atoms with E-state index in [9.17, 15) is 9.90 Å². The molecule has 1 heterocycles. The van der Waals surface area contributed by atoms with E-state index < -0.39 is 0 Å². The lowest BCUT2D eigenvalue weighted by atomic mass is 10.0. The molecule has 1 aliphatic rings. The van der Waals surface area contributed by atoms with Gasteiger partial charge in [0.2, 0.25) is 5.91 Å². The molecule has 5 heteroatoms. The van der Waals surface area contributed by atoms with Crippen molar-refractivity contribution in [2.75, 3.05) is 25.5 Å². The molecule has 3 unspecified atom stereocenters. The molecule has 0 aromatic heterocycles. The molecular weight excluding hydrogens is 268 g/mol. The highest BCUT2D eigenvalue weighted by molar-refractivity contribution is 5.94. The monoisotopic (exact) mass is 292 g/mol. The number of nitrogens with zero attached hydrogens (tertiary/aromatic N) is 1. The second kappa shape index (κ2) is 6.91. The third-order valence-corrected chi connectivity index (χ3v) is 4.22. The van der Waals surface area contributed by atoms with Gasteiger partial charge in [-0.05, 0) is 57.0 Å². The molecule has 0 aliphatic carbocycles. The lowest BCUT2D eigenvalue weighted by molar-refractivity contribution is -0.120. The molecule has 1 aromatic carbocycles. The van der Waals surface area contributed by atoms with E-state index in [1.165, 1.54) is 0 Å². The number of aliphatic hydroxyl groups excluding tert-OH is 1. The van der Waals surface area contributed by atoms with E-state index in [1.807, 2.05) is 38.1 Å². The molecule has 0 spiro atoms. The Kier molecular flexibility index (Phi) is 5.20. The first-order valence-electron chi connectivity index (χ1n) is 7.38. The van der Waals surface area contributed by atoms with Crippen LogP contribution in [-0.2, 0) is 4.79 Å². The molecule has 0 radical (unpaired) electrons. The van der Waals surface area contributed by atoms with E-state index >= 15 is 0 Å². The summed E-state index contributed by atoms with van der Waals surface area (Å²) in [6.45, 7) is 5.35. The number of amides is 1. The van der Waals surface area contributed by atoms with Gasteiger partial charge in [0.25, 0.3) is 0 Å². The summed E-state index contributed by atoms with van der Waals surface area (Å²) in [4.78, 5) is 14.4. The predicted molar refractivity (Wildman–Crippen MR) is 82.4 cm³/mol. The first kappa shape index (κ1) is 15.8. The summed E-state index contributed by atoms with van der Waals surface area (Å²) in [6, 6.07) is 7.09. The van der Waals surface area contributed by atoms with Gasteiger partial charge in [0.15, 0.2) is 0 Å². The van der Waals surface area contributed by atoms with Gasteiger partial charge in [-0.25, -0.2) is 0 Å². The van der Waals surface area contributed by atoms with Crippen LogP contribution in [0.2, 0.25) is 0 Å². The van der Waals surface area contributed by atoms with Gasteiger partial charge in [-0.1, -0.05) is 0 Å². The zero-order valence-corrected chi connectivity index (χ0v) is 12.9. The SMILES string of the molecule is COc1ccc(NC(=O)C(C)N2CCC(C(C)O)C2)cc1. The highest BCUT2D eigenvalue weighted by Gasteiger charge is 2.31. The maximum absolute atomic E-state index is 12.3. The standard InChI is InChI=1S/C16H24N2O3/c1-11(18-9-8-13(10-18)12(2)19)16(20)17-14-4-6-15(21-3)7-5-14/h4-7,11-13,19H,8-10H2,1-3H3,(H,17,20). The average Bonchev–Trinajstić information content (AvgIpc) is 2.97. The van der Waals surface area contributed by atoms with Gasteiger partial charge in [-0.15, -0.1) is 0 Å². The molecule has 0 saturated carbocycles. The third-order valence-electron chi connectivity index (χ3n) is 4.22. The Morgan fingerprint density at radius 2 is 2.05 bits per heavy atom. The first-order valence-corrected chi connectivity index (χ1v) is 7.38. The highest BCUT2D eigenvalue weighted by Crippen LogP contribution is 2.22. The van der Waals surface area contributed by atoms with Crippen LogP contribution in [0.3, 0.4) is 0 Å². The summed E-state index contributed by atoms with van der Waals surface area (Å²) in [5.41, 5.74) is 0.763. The van der Waals surface area contributed by atoms with E-state index in [4.69, 9.17) is 4.74 Å². The minimum absolute atomic E-state index is 0.0218. The Hall–Kier alpha value is -1.59. The van der Waals surface area contributed by atoms with Crippen LogP contribution < -0.4 is 10.1 Å². The number of likely N-dealkylation sites (tertiary alicyclic amines) is 1. The Bertz CT molecular complexity index is 473. The van der Waals surface area contributed by atoms with Crippen molar-refractivity contribution in [3.8, 4) is 5.75 Å². The summed E-state index contributed by atoms with van der Waals surface area (Å²) in [6.07, 6.45) is 0.629. The molecule has 116 valence electrons. The molecule has 5 nitrogen and oxygen atoms in total. The fourth-order valence-electron chi connectivity index (χ4n) is 2.65. The maximum Gasteiger partial charge on any atom is 0.241 e. The van der Waals surface area contributed by atoms with Gasteiger partial charge in [-0.3, -0.25) is 9.69 Å². The van der Waals surface area contributed by atoms with Gasteiger partial charge >= 0.3 is 0 Å². The molecule has 1 amide bonds. The van der Waals surface area contributed by atoms with Crippen LogP contribution >= 0.6 is 0 Å². The molecule has 1 saturated heterocycles. The van der Waals surface area contributed by atoms with Crippen LogP contribution in [0.1, 0.15) is 20.3 Å². The van der Waals surface area contributed by atoms with Crippen LogP contribution in [-0.4, -0.2) is 48.3 Å². The Labute approximate surface area is 125 Å². The number of anilines is 1. The molecule has 1 aromatic rings. The van der Waals surface area contributed by atoms with E-state index in [2.05, 4.69) is 10.2 Å².